The smallest absolute Gasteiger partial charge is 0.268 e. The third kappa shape index (κ3) is 3.29. The largest absolute Gasteiger partial charge is 0.308 e. The Morgan fingerprint density at radius 1 is 0.667 bits per heavy atom. The Bertz CT molecular complexity index is 1960. The van der Waals surface area contributed by atoms with Crippen molar-refractivity contribution in [1.29, 1.82) is 0 Å². The number of pyridine rings is 1. The van der Waals surface area contributed by atoms with E-state index >= 15 is 0 Å². The van der Waals surface area contributed by atoms with Crippen molar-refractivity contribution in [3.63, 3.8) is 0 Å². The number of hydrogen-bond acceptors (Lipinski definition) is 3. The van der Waals surface area contributed by atoms with E-state index in [9.17, 15) is 9.59 Å². The van der Waals surface area contributed by atoms with E-state index in [2.05, 4.69) is 33.8 Å². The van der Waals surface area contributed by atoms with Crippen LogP contribution in [0.4, 0.5) is 5.69 Å². The van der Waals surface area contributed by atoms with Crippen LogP contribution in [0.5, 0.6) is 0 Å². The summed E-state index contributed by atoms with van der Waals surface area (Å²) in [5.41, 5.74) is 8.92. The Hall–Kier alpha value is -5.03. The number of aryl methyl sites for hydroxylation is 3. The Morgan fingerprint density at radius 3 is 2.13 bits per heavy atom. The van der Waals surface area contributed by atoms with E-state index in [1.807, 2.05) is 81.4 Å². The van der Waals surface area contributed by atoms with Gasteiger partial charge in [0.2, 0.25) is 0 Å². The zero-order valence-corrected chi connectivity index (χ0v) is 21.9. The van der Waals surface area contributed by atoms with E-state index in [0.29, 0.717) is 22.5 Å². The Kier molecular flexibility index (Phi) is 5.04. The van der Waals surface area contributed by atoms with E-state index in [0.717, 1.165) is 49.8 Å². The van der Waals surface area contributed by atoms with Crippen LogP contribution in [-0.4, -0.2) is 21.4 Å². The number of rotatable bonds is 3. The van der Waals surface area contributed by atoms with Crippen LogP contribution in [0.3, 0.4) is 0 Å². The summed E-state index contributed by atoms with van der Waals surface area (Å²) in [6.07, 6.45) is 1.80. The first-order chi connectivity index (χ1) is 19.0. The standard InChI is InChI=1S/C34H25N3O2/c1-20-18-21(2)32(22(3)19-20)37-33(38)25-12-9-16-29(31(25)34(37)39)36-27-14-5-4-10-24(27)30-23(11-8-15-28(30)36)26-13-6-7-17-35-26/h4-19H,1-3H3. The lowest BCUT2D eigenvalue weighted by molar-refractivity contribution is 0.0925. The summed E-state index contributed by atoms with van der Waals surface area (Å²) in [6, 6.07) is 29.8. The van der Waals surface area contributed by atoms with E-state index in [4.69, 9.17) is 0 Å². The summed E-state index contributed by atoms with van der Waals surface area (Å²) in [7, 11) is 0. The maximum absolute atomic E-state index is 14.2. The lowest BCUT2D eigenvalue weighted by Gasteiger charge is -2.20. The topological polar surface area (TPSA) is 55.2 Å². The van der Waals surface area contributed by atoms with Gasteiger partial charge in [0, 0.05) is 22.5 Å². The third-order valence-electron chi connectivity index (χ3n) is 7.63. The highest BCUT2D eigenvalue weighted by Crippen LogP contribution is 2.41. The van der Waals surface area contributed by atoms with Gasteiger partial charge in [-0.15, -0.1) is 0 Å². The lowest BCUT2D eigenvalue weighted by Crippen LogP contribution is -2.31. The summed E-state index contributed by atoms with van der Waals surface area (Å²) in [6.45, 7) is 5.92. The van der Waals surface area contributed by atoms with Crippen LogP contribution in [0.2, 0.25) is 0 Å². The fourth-order valence-electron chi connectivity index (χ4n) is 6.20. The summed E-state index contributed by atoms with van der Waals surface area (Å²) < 4.78 is 2.11. The molecule has 0 saturated heterocycles. The van der Waals surface area contributed by atoms with E-state index in [1.165, 1.54) is 4.90 Å². The monoisotopic (exact) mass is 507 g/mol. The van der Waals surface area contributed by atoms with Crippen molar-refractivity contribution in [2.75, 3.05) is 4.90 Å². The van der Waals surface area contributed by atoms with Crippen molar-refractivity contribution in [2.24, 2.45) is 0 Å². The molecule has 0 N–H and O–H groups in total. The average molecular weight is 508 g/mol. The van der Waals surface area contributed by atoms with Crippen molar-refractivity contribution < 1.29 is 9.59 Å². The van der Waals surface area contributed by atoms with Crippen LogP contribution in [0.15, 0.2) is 97.2 Å². The molecule has 1 aliphatic rings. The number of benzene rings is 4. The molecule has 0 fully saturated rings. The van der Waals surface area contributed by atoms with Gasteiger partial charge in [-0.2, -0.15) is 0 Å². The molecule has 2 aromatic heterocycles. The van der Waals surface area contributed by atoms with E-state index in [-0.39, 0.29) is 11.8 Å². The highest BCUT2D eigenvalue weighted by Gasteiger charge is 2.40. The normalized spacial score (nSPS) is 13.1. The number of carbonyl (C=O) groups excluding carboxylic acids is 2. The van der Waals surface area contributed by atoms with Crippen LogP contribution in [0.25, 0.3) is 38.8 Å². The zero-order chi connectivity index (χ0) is 26.8. The minimum Gasteiger partial charge on any atom is -0.308 e. The van der Waals surface area contributed by atoms with Crippen molar-refractivity contribution in [2.45, 2.75) is 20.8 Å². The van der Waals surface area contributed by atoms with Gasteiger partial charge in [-0.25, -0.2) is 4.90 Å². The van der Waals surface area contributed by atoms with Gasteiger partial charge < -0.3 is 4.57 Å². The molecule has 6 aromatic rings. The van der Waals surface area contributed by atoms with Gasteiger partial charge in [0.15, 0.2) is 0 Å². The van der Waals surface area contributed by atoms with Crippen LogP contribution in [0, 0.1) is 20.8 Å². The Labute approximate surface area is 226 Å². The molecule has 3 heterocycles. The minimum atomic E-state index is -0.299. The van der Waals surface area contributed by atoms with Crippen LogP contribution < -0.4 is 4.90 Å². The fraction of sp³-hybridized carbons (Fsp3) is 0.0882. The number of carbonyl (C=O) groups is 2. The van der Waals surface area contributed by atoms with Crippen LogP contribution in [-0.2, 0) is 0 Å². The molecule has 4 aromatic carbocycles. The van der Waals surface area contributed by atoms with Gasteiger partial charge in [-0.3, -0.25) is 14.6 Å². The number of hydrogen-bond donors (Lipinski definition) is 0. The lowest BCUT2D eigenvalue weighted by atomic mass is 10.0. The number of aromatic nitrogens is 2. The van der Waals surface area contributed by atoms with Gasteiger partial charge in [-0.05, 0) is 68.3 Å². The van der Waals surface area contributed by atoms with Crippen molar-refractivity contribution in [3.05, 3.63) is 125 Å². The molecule has 0 spiro atoms. The molecule has 7 rings (SSSR count). The number of imide groups is 1. The number of para-hydroxylation sites is 1. The zero-order valence-electron chi connectivity index (χ0n) is 21.9. The molecule has 2 amide bonds. The first-order valence-corrected chi connectivity index (χ1v) is 13.0. The molecule has 5 heteroatoms. The van der Waals surface area contributed by atoms with Crippen LogP contribution in [0.1, 0.15) is 37.4 Å². The number of nitrogens with zero attached hydrogens (tertiary/aromatic N) is 3. The summed E-state index contributed by atoms with van der Waals surface area (Å²) in [4.78, 5) is 33.9. The summed E-state index contributed by atoms with van der Waals surface area (Å²) >= 11 is 0. The summed E-state index contributed by atoms with van der Waals surface area (Å²) in [5.74, 6) is -0.589. The molecular weight excluding hydrogens is 482 g/mol. The first kappa shape index (κ1) is 23.1. The van der Waals surface area contributed by atoms with Crippen molar-refractivity contribution in [3.8, 4) is 16.9 Å². The average Bonchev–Trinajstić information content (AvgIpc) is 3.41. The van der Waals surface area contributed by atoms with Gasteiger partial charge in [0.1, 0.15) is 0 Å². The predicted molar refractivity (Wildman–Crippen MR) is 156 cm³/mol. The number of fused-ring (bicyclic) bond motifs is 4. The second kappa shape index (κ2) is 8.50. The molecule has 0 atom stereocenters. The molecule has 188 valence electrons. The fourth-order valence-corrected chi connectivity index (χ4v) is 6.20. The molecule has 0 bridgehead atoms. The second-order valence-electron chi connectivity index (χ2n) is 10.2. The molecule has 39 heavy (non-hydrogen) atoms. The van der Waals surface area contributed by atoms with E-state index < -0.39 is 0 Å². The van der Waals surface area contributed by atoms with Gasteiger partial charge in [-0.1, -0.05) is 60.2 Å². The highest BCUT2D eigenvalue weighted by molar-refractivity contribution is 6.36. The maximum Gasteiger partial charge on any atom is 0.268 e. The molecule has 0 saturated carbocycles. The molecule has 5 nitrogen and oxygen atoms in total. The highest BCUT2D eigenvalue weighted by atomic mass is 16.2. The molecule has 0 radical (unpaired) electrons. The number of anilines is 1. The van der Waals surface area contributed by atoms with Gasteiger partial charge in [0.05, 0.1) is 39.2 Å². The van der Waals surface area contributed by atoms with Gasteiger partial charge in [0.25, 0.3) is 11.8 Å². The molecular formula is C34H25N3O2. The maximum atomic E-state index is 14.2. The third-order valence-corrected chi connectivity index (χ3v) is 7.63. The summed E-state index contributed by atoms with van der Waals surface area (Å²) in [5, 5.41) is 2.12. The Morgan fingerprint density at radius 2 is 1.36 bits per heavy atom. The molecule has 0 unspecified atom stereocenters. The molecule has 1 aliphatic heterocycles. The molecule has 0 aliphatic carbocycles. The van der Waals surface area contributed by atoms with Crippen molar-refractivity contribution >= 4 is 39.3 Å². The van der Waals surface area contributed by atoms with Gasteiger partial charge >= 0.3 is 0 Å². The second-order valence-corrected chi connectivity index (χ2v) is 10.2. The van der Waals surface area contributed by atoms with E-state index in [1.54, 1.807) is 12.3 Å². The Balaban J connectivity index is 1.51. The number of amides is 2. The predicted octanol–water partition coefficient (Wildman–Crippen LogP) is 7.57. The van der Waals surface area contributed by atoms with Crippen LogP contribution >= 0.6 is 0 Å². The first-order valence-electron chi connectivity index (χ1n) is 13.0. The SMILES string of the molecule is Cc1cc(C)c(N2C(=O)c3cccc(-n4c5ccccc5c5c(-c6ccccn6)cccc54)c3C2=O)c(C)c1. The quantitative estimate of drug-likeness (QED) is 0.232. The minimum absolute atomic E-state index is 0.290. The van der Waals surface area contributed by atoms with Crippen molar-refractivity contribution in [1.82, 2.24) is 9.55 Å².